The molecule has 0 radical (unpaired) electrons. The van der Waals surface area contributed by atoms with E-state index in [1.54, 1.807) is 17.0 Å². The molecule has 10 heteroatoms. The Bertz CT molecular complexity index is 848. The van der Waals surface area contributed by atoms with Gasteiger partial charge in [-0.05, 0) is 36.0 Å². The Morgan fingerprint density at radius 3 is 2.37 bits per heavy atom. The molecule has 2 aromatic rings. The van der Waals surface area contributed by atoms with Crippen molar-refractivity contribution in [2.24, 2.45) is 0 Å². The van der Waals surface area contributed by atoms with Gasteiger partial charge in [0.05, 0.1) is 9.80 Å². The van der Waals surface area contributed by atoms with Crippen LogP contribution in [0.4, 0.5) is 9.39 Å². The molecule has 0 spiro atoms. The van der Waals surface area contributed by atoms with Gasteiger partial charge in [0.2, 0.25) is 0 Å². The van der Waals surface area contributed by atoms with Crippen LogP contribution in [0.25, 0.3) is 0 Å². The average molecular weight is 408 g/mol. The van der Waals surface area contributed by atoms with Gasteiger partial charge in [-0.1, -0.05) is 23.5 Å². The van der Waals surface area contributed by atoms with E-state index in [-0.39, 0.29) is 16.7 Å². The van der Waals surface area contributed by atoms with Crippen LogP contribution in [0.3, 0.4) is 0 Å². The van der Waals surface area contributed by atoms with Crippen molar-refractivity contribution in [3.8, 4) is 0 Å². The molecule has 3 rings (SSSR count). The predicted octanol–water partition coefficient (Wildman–Crippen LogP) is 2.63. The van der Waals surface area contributed by atoms with Crippen LogP contribution in [-0.2, 0) is 6.54 Å². The zero-order valence-corrected chi connectivity index (χ0v) is 15.9. The number of rotatable bonds is 4. The molecule has 142 valence electrons. The third-order valence-electron chi connectivity index (χ3n) is 4.19. The summed E-state index contributed by atoms with van der Waals surface area (Å²) < 4.78 is 12.9. The highest BCUT2D eigenvalue weighted by molar-refractivity contribution is 7.80. The van der Waals surface area contributed by atoms with Crippen molar-refractivity contribution in [2.75, 3.05) is 26.2 Å². The van der Waals surface area contributed by atoms with Crippen molar-refractivity contribution in [3.63, 3.8) is 0 Å². The van der Waals surface area contributed by atoms with E-state index in [0.29, 0.717) is 42.7 Å². The van der Waals surface area contributed by atoms with Crippen LogP contribution in [0.15, 0.2) is 36.4 Å². The number of thiophene rings is 1. The fraction of sp³-hybridized carbons (Fsp3) is 0.294. The molecule has 27 heavy (non-hydrogen) atoms. The Kier molecular flexibility index (Phi) is 5.97. The monoisotopic (exact) mass is 408 g/mol. The molecular formula is C17H17FN4O3S2. The summed E-state index contributed by atoms with van der Waals surface area (Å²) >= 11 is 6.28. The summed E-state index contributed by atoms with van der Waals surface area (Å²) in [4.78, 5) is 26.7. The number of nitrogens with one attached hydrogen (secondary N) is 1. The van der Waals surface area contributed by atoms with Crippen LogP contribution >= 0.6 is 23.6 Å². The molecule has 1 aromatic carbocycles. The number of thiocarbonyl (C=S) groups is 1. The smallest absolute Gasteiger partial charge is 0.324 e. The van der Waals surface area contributed by atoms with Gasteiger partial charge in [0.15, 0.2) is 5.11 Å². The number of halogens is 1. The van der Waals surface area contributed by atoms with Gasteiger partial charge >= 0.3 is 5.00 Å². The van der Waals surface area contributed by atoms with Crippen LogP contribution in [-0.4, -0.2) is 51.9 Å². The SMILES string of the molecule is O=C(c1ccc([N+](=O)[O-])s1)N1CCN(C(=S)NCc2ccc(F)cc2)CC1. The maximum absolute atomic E-state index is 12.9. The molecular weight excluding hydrogens is 391 g/mol. The van der Waals surface area contributed by atoms with E-state index in [2.05, 4.69) is 5.32 Å². The van der Waals surface area contributed by atoms with E-state index in [1.165, 1.54) is 24.3 Å². The number of nitrogens with zero attached hydrogens (tertiary/aromatic N) is 3. The van der Waals surface area contributed by atoms with E-state index in [9.17, 15) is 19.3 Å². The van der Waals surface area contributed by atoms with Crippen molar-refractivity contribution in [3.05, 3.63) is 62.8 Å². The normalized spacial score (nSPS) is 14.1. The van der Waals surface area contributed by atoms with E-state index < -0.39 is 4.92 Å². The van der Waals surface area contributed by atoms with E-state index in [0.717, 1.165) is 16.9 Å². The first-order chi connectivity index (χ1) is 12.9. The van der Waals surface area contributed by atoms with Gasteiger partial charge in [-0.15, -0.1) is 0 Å². The minimum atomic E-state index is -0.495. The van der Waals surface area contributed by atoms with E-state index in [1.807, 2.05) is 4.90 Å². The third kappa shape index (κ3) is 4.77. The summed E-state index contributed by atoms with van der Waals surface area (Å²) in [5, 5.41) is 14.4. The quantitative estimate of drug-likeness (QED) is 0.476. The fourth-order valence-corrected chi connectivity index (χ4v) is 3.74. The minimum absolute atomic E-state index is 0.0387. The topological polar surface area (TPSA) is 78.7 Å². The van der Waals surface area contributed by atoms with Crippen molar-refractivity contribution >= 4 is 39.6 Å². The van der Waals surface area contributed by atoms with Crippen LogP contribution in [0, 0.1) is 15.9 Å². The second kappa shape index (κ2) is 8.40. The Balaban J connectivity index is 1.48. The second-order valence-corrected chi connectivity index (χ2v) is 7.41. The second-order valence-electron chi connectivity index (χ2n) is 5.96. The van der Waals surface area contributed by atoms with Crippen LogP contribution in [0.5, 0.6) is 0 Å². The van der Waals surface area contributed by atoms with Crippen molar-refractivity contribution in [2.45, 2.75) is 6.54 Å². The Hall–Kier alpha value is -2.59. The average Bonchev–Trinajstić information content (AvgIpc) is 3.17. The van der Waals surface area contributed by atoms with E-state index >= 15 is 0 Å². The van der Waals surface area contributed by atoms with Crippen molar-refractivity contribution in [1.29, 1.82) is 0 Å². The van der Waals surface area contributed by atoms with Gasteiger partial charge in [0.25, 0.3) is 5.91 Å². The molecule has 0 aliphatic carbocycles. The molecule has 1 N–H and O–H groups in total. The minimum Gasteiger partial charge on any atom is -0.358 e. The lowest BCUT2D eigenvalue weighted by molar-refractivity contribution is -0.380. The lowest BCUT2D eigenvalue weighted by Crippen LogP contribution is -2.52. The summed E-state index contributed by atoms with van der Waals surface area (Å²) in [7, 11) is 0. The first-order valence-corrected chi connectivity index (χ1v) is 9.47. The lowest BCUT2D eigenvalue weighted by Gasteiger charge is -2.36. The summed E-state index contributed by atoms with van der Waals surface area (Å²) in [5.41, 5.74) is 0.923. The highest BCUT2D eigenvalue weighted by Gasteiger charge is 2.25. The third-order valence-corrected chi connectivity index (χ3v) is 5.62. The molecule has 1 saturated heterocycles. The molecule has 0 unspecified atom stereocenters. The number of nitro groups is 1. The Labute approximate surface area is 164 Å². The highest BCUT2D eigenvalue weighted by Crippen LogP contribution is 2.25. The zero-order valence-electron chi connectivity index (χ0n) is 14.3. The number of amides is 1. The maximum atomic E-state index is 12.9. The number of carbonyl (C=O) groups is 1. The molecule has 1 aliphatic heterocycles. The summed E-state index contributed by atoms with van der Waals surface area (Å²) in [6.45, 7) is 2.63. The van der Waals surface area contributed by atoms with Gasteiger partial charge in [-0.2, -0.15) is 0 Å². The summed E-state index contributed by atoms with van der Waals surface area (Å²) in [5.74, 6) is -0.476. The fourth-order valence-electron chi connectivity index (χ4n) is 2.70. The predicted molar refractivity (Wildman–Crippen MR) is 104 cm³/mol. The molecule has 1 amide bonds. The molecule has 0 atom stereocenters. The van der Waals surface area contributed by atoms with Gasteiger partial charge in [-0.3, -0.25) is 14.9 Å². The van der Waals surface area contributed by atoms with Gasteiger partial charge in [-0.25, -0.2) is 4.39 Å². The number of hydrogen-bond acceptors (Lipinski definition) is 5. The summed E-state index contributed by atoms with van der Waals surface area (Å²) in [6, 6.07) is 9.04. The van der Waals surface area contributed by atoms with Gasteiger partial charge < -0.3 is 15.1 Å². The highest BCUT2D eigenvalue weighted by atomic mass is 32.1. The Morgan fingerprint density at radius 2 is 1.78 bits per heavy atom. The Morgan fingerprint density at radius 1 is 1.15 bits per heavy atom. The van der Waals surface area contributed by atoms with E-state index in [4.69, 9.17) is 12.2 Å². The maximum Gasteiger partial charge on any atom is 0.324 e. The molecule has 2 heterocycles. The van der Waals surface area contributed by atoms with Gasteiger partial charge in [0, 0.05) is 38.8 Å². The number of benzene rings is 1. The molecule has 0 bridgehead atoms. The molecule has 7 nitrogen and oxygen atoms in total. The summed E-state index contributed by atoms with van der Waals surface area (Å²) in [6.07, 6.45) is 0. The molecule has 0 saturated carbocycles. The van der Waals surface area contributed by atoms with Crippen LogP contribution < -0.4 is 5.32 Å². The zero-order chi connectivity index (χ0) is 19.4. The number of carbonyl (C=O) groups excluding carboxylic acids is 1. The first-order valence-electron chi connectivity index (χ1n) is 8.25. The number of hydrogen-bond donors (Lipinski definition) is 1. The van der Waals surface area contributed by atoms with Crippen molar-refractivity contribution < 1.29 is 14.1 Å². The molecule has 1 aliphatic rings. The van der Waals surface area contributed by atoms with Gasteiger partial charge in [0.1, 0.15) is 5.82 Å². The van der Waals surface area contributed by atoms with Crippen LogP contribution in [0.2, 0.25) is 0 Å². The van der Waals surface area contributed by atoms with Crippen molar-refractivity contribution in [1.82, 2.24) is 15.1 Å². The largest absolute Gasteiger partial charge is 0.358 e. The number of piperazine rings is 1. The van der Waals surface area contributed by atoms with Crippen LogP contribution in [0.1, 0.15) is 15.2 Å². The standard InChI is InChI=1S/C17H17FN4O3S2/c18-13-3-1-12(2-4-13)11-19-17(26)21-9-7-20(8-10-21)16(23)14-5-6-15(27-14)22(24)25/h1-6H,7-11H2,(H,19,26). The lowest BCUT2D eigenvalue weighted by atomic mass is 10.2. The molecule has 1 aromatic heterocycles. The first kappa shape index (κ1) is 19.2. The molecule has 1 fully saturated rings.